The molecule has 0 bridgehead atoms. The second-order valence-corrected chi connectivity index (χ2v) is 5.01. The van der Waals surface area contributed by atoms with Crippen LogP contribution in [0.5, 0.6) is 11.5 Å². The smallest absolute Gasteiger partial charge is 0.124 e. The molecule has 0 saturated carbocycles. The van der Waals surface area contributed by atoms with E-state index in [1.807, 2.05) is 42.5 Å². The van der Waals surface area contributed by atoms with E-state index in [2.05, 4.69) is 15.9 Å². The summed E-state index contributed by atoms with van der Waals surface area (Å²) in [4.78, 5) is 0. The molecule has 19 heavy (non-hydrogen) atoms. The van der Waals surface area contributed by atoms with Crippen molar-refractivity contribution in [2.24, 2.45) is 5.73 Å². The van der Waals surface area contributed by atoms with Crippen molar-refractivity contribution in [2.45, 2.75) is 13.2 Å². The van der Waals surface area contributed by atoms with Crippen molar-refractivity contribution in [1.29, 1.82) is 0 Å². The molecular formula is C15H16BrNO2. The highest BCUT2D eigenvalue weighted by Crippen LogP contribution is 2.25. The molecular weight excluding hydrogens is 306 g/mol. The van der Waals surface area contributed by atoms with Crippen LogP contribution in [0.1, 0.15) is 11.1 Å². The molecule has 2 aromatic carbocycles. The van der Waals surface area contributed by atoms with Gasteiger partial charge in [-0.25, -0.2) is 0 Å². The Balaban J connectivity index is 2.11. The van der Waals surface area contributed by atoms with Crippen LogP contribution in [0.25, 0.3) is 0 Å². The monoisotopic (exact) mass is 321 g/mol. The van der Waals surface area contributed by atoms with Gasteiger partial charge in [0, 0.05) is 16.6 Å². The number of methoxy groups -OCH3 is 1. The number of hydrogen-bond donors (Lipinski definition) is 1. The van der Waals surface area contributed by atoms with Crippen LogP contribution in [0, 0.1) is 0 Å². The predicted octanol–water partition coefficient (Wildman–Crippen LogP) is 3.50. The Morgan fingerprint density at radius 1 is 1.16 bits per heavy atom. The molecule has 2 N–H and O–H groups in total. The Morgan fingerprint density at radius 2 is 2.00 bits per heavy atom. The van der Waals surface area contributed by atoms with Gasteiger partial charge >= 0.3 is 0 Å². The molecule has 0 heterocycles. The lowest BCUT2D eigenvalue weighted by molar-refractivity contribution is 0.302. The van der Waals surface area contributed by atoms with Crippen molar-refractivity contribution in [3.63, 3.8) is 0 Å². The molecule has 3 nitrogen and oxygen atoms in total. The molecule has 0 spiro atoms. The lowest BCUT2D eigenvalue weighted by Gasteiger charge is -2.12. The maximum Gasteiger partial charge on any atom is 0.124 e. The van der Waals surface area contributed by atoms with E-state index in [9.17, 15) is 0 Å². The number of benzene rings is 2. The Morgan fingerprint density at radius 3 is 2.68 bits per heavy atom. The Labute approximate surface area is 121 Å². The van der Waals surface area contributed by atoms with Crippen LogP contribution in [-0.4, -0.2) is 7.11 Å². The molecule has 0 unspecified atom stereocenters. The molecule has 0 atom stereocenters. The first-order chi connectivity index (χ1) is 9.22. The van der Waals surface area contributed by atoms with Crippen LogP contribution in [0.2, 0.25) is 0 Å². The number of ether oxygens (including phenoxy) is 2. The summed E-state index contributed by atoms with van der Waals surface area (Å²) in [6, 6.07) is 13.7. The van der Waals surface area contributed by atoms with Crippen molar-refractivity contribution in [3.8, 4) is 11.5 Å². The normalized spacial score (nSPS) is 10.3. The van der Waals surface area contributed by atoms with Gasteiger partial charge in [-0.15, -0.1) is 0 Å². The zero-order valence-electron chi connectivity index (χ0n) is 10.7. The van der Waals surface area contributed by atoms with Crippen LogP contribution in [0.4, 0.5) is 0 Å². The van der Waals surface area contributed by atoms with E-state index in [0.717, 1.165) is 27.1 Å². The topological polar surface area (TPSA) is 44.5 Å². The lowest BCUT2D eigenvalue weighted by Crippen LogP contribution is -2.03. The fourth-order valence-corrected chi connectivity index (χ4v) is 2.22. The quantitative estimate of drug-likeness (QED) is 0.916. The Hall–Kier alpha value is -1.52. The average molecular weight is 322 g/mol. The molecule has 0 aromatic heterocycles. The number of hydrogen-bond acceptors (Lipinski definition) is 3. The second-order valence-electron chi connectivity index (χ2n) is 4.10. The molecule has 0 aliphatic carbocycles. The summed E-state index contributed by atoms with van der Waals surface area (Å²) in [5, 5.41) is 0. The minimum Gasteiger partial charge on any atom is -0.497 e. The number of halogens is 1. The third-order valence-electron chi connectivity index (χ3n) is 2.77. The van der Waals surface area contributed by atoms with Gasteiger partial charge < -0.3 is 15.2 Å². The summed E-state index contributed by atoms with van der Waals surface area (Å²) < 4.78 is 12.0. The first kappa shape index (κ1) is 13.9. The minimum absolute atomic E-state index is 0.422. The summed E-state index contributed by atoms with van der Waals surface area (Å²) in [6.45, 7) is 0.934. The minimum atomic E-state index is 0.422. The average Bonchev–Trinajstić information content (AvgIpc) is 2.45. The van der Waals surface area contributed by atoms with Crippen molar-refractivity contribution in [2.75, 3.05) is 7.11 Å². The van der Waals surface area contributed by atoms with Gasteiger partial charge in [-0.3, -0.25) is 0 Å². The number of nitrogens with two attached hydrogens (primary N) is 1. The van der Waals surface area contributed by atoms with Gasteiger partial charge in [-0.2, -0.15) is 0 Å². The van der Waals surface area contributed by atoms with Crippen LogP contribution >= 0.6 is 15.9 Å². The number of rotatable bonds is 5. The largest absolute Gasteiger partial charge is 0.497 e. The van der Waals surface area contributed by atoms with Gasteiger partial charge in [0.15, 0.2) is 0 Å². The summed E-state index contributed by atoms with van der Waals surface area (Å²) in [5.41, 5.74) is 7.77. The highest BCUT2D eigenvalue weighted by molar-refractivity contribution is 9.10. The standard InChI is InChI=1S/C15H16BrNO2/c1-18-14-5-6-15(12(8-14)9-17)19-10-11-3-2-4-13(16)7-11/h2-8H,9-10,17H2,1H3. The zero-order chi connectivity index (χ0) is 13.7. The lowest BCUT2D eigenvalue weighted by atomic mass is 10.2. The van der Waals surface area contributed by atoms with Crippen LogP contribution < -0.4 is 15.2 Å². The van der Waals surface area contributed by atoms with Gasteiger partial charge in [0.1, 0.15) is 18.1 Å². The second kappa shape index (κ2) is 6.59. The summed E-state index contributed by atoms with van der Waals surface area (Å²) in [7, 11) is 1.64. The summed E-state index contributed by atoms with van der Waals surface area (Å²) in [6.07, 6.45) is 0. The summed E-state index contributed by atoms with van der Waals surface area (Å²) >= 11 is 3.44. The molecule has 0 aliphatic rings. The van der Waals surface area contributed by atoms with Gasteiger partial charge in [0.05, 0.1) is 7.11 Å². The third kappa shape index (κ3) is 3.72. The molecule has 0 radical (unpaired) electrons. The maximum atomic E-state index is 5.81. The highest BCUT2D eigenvalue weighted by Gasteiger charge is 2.05. The third-order valence-corrected chi connectivity index (χ3v) is 3.26. The molecule has 0 saturated heterocycles. The molecule has 4 heteroatoms. The molecule has 100 valence electrons. The van der Waals surface area contributed by atoms with E-state index < -0.39 is 0 Å². The van der Waals surface area contributed by atoms with E-state index in [-0.39, 0.29) is 0 Å². The van der Waals surface area contributed by atoms with Gasteiger partial charge in [-0.05, 0) is 35.9 Å². The molecule has 2 aromatic rings. The van der Waals surface area contributed by atoms with Gasteiger partial charge in [-0.1, -0.05) is 28.1 Å². The molecule has 0 amide bonds. The van der Waals surface area contributed by atoms with Crippen molar-refractivity contribution in [3.05, 3.63) is 58.1 Å². The molecule has 0 aliphatic heterocycles. The molecule has 0 fully saturated rings. The van der Waals surface area contributed by atoms with Gasteiger partial charge in [0.2, 0.25) is 0 Å². The van der Waals surface area contributed by atoms with Crippen molar-refractivity contribution < 1.29 is 9.47 Å². The fourth-order valence-electron chi connectivity index (χ4n) is 1.77. The zero-order valence-corrected chi connectivity index (χ0v) is 12.3. The molecule has 2 rings (SSSR count). The van der Waals surface area contributed by atoms with Gasteiger partial charge in [0.25, 0.3) is 0 Å². The summed E-state index contributed by atoms with van der Waals surface area (Å²) in [5.74, 6) is 1.58. The first-order valence-electron chi connectivity index (χ1n) is 5.97. The predicted molar refractivity (Wildman–Crippen MR) is 79.4 cm³/mol. The fraction of sp³-hybridized carbons (Fsp3) is 0.200. The highest BCUT2D eigenvalue weighted by atomic mass is 79.9. The SMILES string of the molecule is COc1ccc(OCc2cccc(Br)c2)c(CN)c1. The Kier molecular flexibility index (Phi) is 4.82. The van der Waals surface area contributed by atoms with E-state index in [1.165, 1.54) is 0 Å². The van der Waals surface area contributed by atoms with Crippen LogP contribution in [0.15, 0.2) is 46.9 Å². The van der Waals surface area contributed by atoms with Crippen LogP contribution in [-0.2, 0) is 13.2 Å². The van der Waals surface area contributed by atoms with Crippen molar-refractivity contribution in [1.82, 2.24) is 0 Å². The van der Waals surface area contributed by atoms with E-state index in [1.54, 1.807) is 7.11 Å². The van der Waals surface area contributed by atoms with E-state index in [0.29, 0.717) is 13.2 Å². The van der Waals surface area contributed by atoms with E-state index in [4.69, 9.17) is 15.2 Å². The Bertz CT molecular complexity index is 558. The first-order valence-corrected chi connectivity index (χ1v) is 6.76. The van der Waals surface area contributed by atoms with Crippen molar-refractivity contribution >= 4 is 15.9 Å². The van der Waals surface area contributed by atoms with Crippen LogP contribution in [0.3, 0.4) is 0 Å². The van der Waals surface area contributed by atoms with E-state index >= 15 is 0 Å². The maximum absolute atomic E-state index is 5.81.